The summed E-state index contributed by atoms with van der Waals surface area (Å²) in [5.74, 6) is 0.598. The molecule has 1 rings (SSSR count). The number of hydrogen-bond acceptors (Lipinski definition) is 2. The molecule has 0 heterocycles. The molecule has 2 heteroatoms. The molecule has 0 aliphatic carbocycles. The lowest BCUT2D eigenvalue weighted by molar-refractivity contribution is 0.0633. The first-order valence-electron chi connectivity index (χ1n) is 7.41. The minimum Gasteiger partial charge on any atom is -0.380 e. The molecule has 2 unspecified atom stereocenters. The average Bonchev–Trinajstić information content (AvgIpc) is 2.43. The Bertz CT molecular complexity index is 345. The van der Waals surface area contributed by atoms with Crippen molar-refractivity contribution in [3.05, 3.63) is 35.4 Å². The number of rotatable bonds is 8. The van der Waals surface area contributed by atoms with Crippen LogP contribution in [0.2, 0.25) is 0 Å². The first kappa shape index (κ1) is 16.2. The maximum atomic E-state index is 5.62. The van der Waals surface area contributed by atoms with Gasteiger partial charge in [-0.05, 0) is 36.9 Å². The molecule has 0 fully saturated rings. The highest BCUT2D eigenvalue weighted by Gasteiger charge is 2.19. The molecule has 2 atom stereocenters. The summed E-state index contributed by atoms with van der Waals surface area (Å²) in [4.78, 5) is 0. The lowest BCUT2D eigenvalue weighted by atomic mass is 9.96. The molecule has 0 aromatic heterocycles. The fourth-order valence-corrected chi connectivity index (χ4v) is 2.48. The lowest BCUT2D eigenvalue weighted by Gasteiger charge is -2.25. The molecule has 108 valence electrons. The third-order valence-electron chi connectivity index (χ3n) is 3.80. The van der Waals surface area contributed by atoms with Gasteiger partial charge in [0, 0.05) is 13.2 Å². The standard InChI is InChI=1S/C17H29NO/c1-6-7-17(19-5)16(18-4)12-14-8-10-15(11-9-14)13(2)3/h8-11,13,16-18H,6-7,12H2,1-5H3. The fraction of sp³-hybridized carbons (Fsp3) is 0.647. The van der Waals surface area contributed by atoms with E-state index in [0.717, 1.165) is 19.3 Å². The summed E-state index contributed by atoms with van der Waals surface area (Å²) >= 11 is 0. The number of methoxy groups -OCH3 is 1. The Morgan fingerprint density at radius 2 is 1.79 bits per heavy atom. The largest absolute Gasteiger partial charge is 0.380 e. The van der Waals surface area contributed by atoms with E-state index < -0.39 is 0 Å². The maximum Gasteiger partial charge on any atom is 0.0727 e. The Morgan fingerprint density at radius 1 is 1.16 bits per heavy atom. The van der Waals surface area contributed by atoms with Gasteiger partial charge in [-0.1, -0.05) is 51.5 Å². The monoisotopic (exact) mass is 263 g/mol. The van der Waals surface area contributed by atoms with Gasteiger partial charge in [0.1, 0.15) is 0 Å². The second kappa shape index (κ2) is 8.34. The van der Waals surface area contributed by atoms with Crippen LogP contribution in [0.3, 0.4) is 0 Å². The van der Waals surface area contributed by atoms with E-state index in [9.17, 15) is 0 Å². The Hall–Kier alpha value is -0.860. The Balaban J connectivity index is 2.69. The van der Waals surface area contributed by atoms with E-state index in [0.29, 0.717) is 18.1 Å². The van der Waals surface area contributed by atoms with Gasteiger partial charge < -0.3 is 10.1 Å². The molecular weight excluding hydrogens is 234 g/mol. The topological polar surface area (TPSA) is 21.3 Å². The van der Waals surface area contributed by atoms with Crippen molar-refractivity contribution in [2.24, 2.45) is 0 Å². The van der Waals surface area contributed by atoms with Crippen LogP contribution in [0.1, 0.15) is 50.7 Å². The normalized spacial score (nSPS) is 14.6. The lowest BCUT2D eigenvalue weighted by Crippen LogP contribution is -2.40. The predicted octanol–water partition coefficient (Wildman–Crippen LogP) is 3.76. The first-order valence-corrected chi connectivity index (χ1v) is 7.41. The summed E-state index contributed by atoms with van der Waals surface area (Å²) in [7, 11) is 3.83. The van der Waals surface area contributed by atoms with Gasteiger partial charge in [0.2, 0.25) is 0 Å². The molecule has 2 nitrogen and oxygen atoms in total. The van der Waals surface area contributed by atoms with Crippen LogP contribution in [0.25, 0.3) is 0 Å². The van der Waals surface area contributed by atoms with E-state index in [1.807, 2.05) is 14.2 Å². The molecule has 1 aromatic carbocycles. The summed E-state index contributed by atoms with van der Waals surface area (Å²) in [6, 6.07) is 9.37. The molecule has 1 aromatic rings. The van der Waals surface area contributed by atoms with Gasteiger partial charge in [0.25, 0.3) is 0 Å². The van der Waals surface area contributed by atoms with Gasteiger partial charge in [0.05, 0.1) is 6.10 Å². The number of nitrogens with one attached hydrogen (secondary N) is 1. The minimum atomic E-state index is 0.291. The molecule has 0 amide bonds. The van der Waals surface area contributed by atoms with Gasteiger partial charge in [-0.25, -0.2) is 0 Å². The van der Waals surface area contributed by atoms with E-state index in [1.54, 1.807) is 0 Å². The van der Waals surface area contributed by atoms with Crippen LogP contribution in [0, 0.1) is 0 Å². The smallest absolute Gasteiger partial charge is 0.0727 e. The SMILES string of the molecule is CCCC(OC)C(Cc1ccc(C(C)C)cc1)NC. The summed E-state index contributed by atoms with van der Waals surface area (Å²) < 4.78 is 5.62. The van der Waals surface area contributed by atoms with Crippen LogP contribution in [-0.2, 0) is 11.2 Å². The van der Waals surface area contributed by atoms with Gasteiger partial charge in [-0.3, -0.25) is 0 Å². The predicted molar refractivity (Wildman–Crippen MR) is 82.8 cm³/mol. The molecule has 0 bridgehead atoms. The molecule has 0 radical (unpaired) electrons. The number of hydrogen-bond donors (Lipinski definition) is 1. The Kier molecular flexibility index (Phi) is 7.11. The molecule has 0 saturated heterocycles. The number of likely N-dealkylation sites (N-methyl/N-ethyl adjacent to an activating group) is 1. The summed E-state index contributed by atoms with van der Waals surface area (Å²) in [6.45, 7) is 6.66. The number of benzene rings is 1. The Labute approximate surface area is 118 Å². The molecule has 0 aliphatic heterocycles. The van der Waals surface area contributed by atoms with Crippen molar-refractivity contribution in [3.63, 3.8) is 0 Å². The van der Waals surface area contributed by atoms with E-state index in [4.69, 9.17) is 4.74 Å². The molecule has 0 spiro atoms. The van der Waals surface area contributed by atoms with E-state index in [1.165, 1.54) is 11.1 Å². The van der Waals surface area contributed by atoms with Crippen LogP contribution in [-0.4, -0.2) is 26.3 Å². The quantitative estimate of drug-likeness (QED) is 0.771. The Morgan fingerprint density at radius 3 is 2.21 bits per heavy atom. The maximum absolute atomic E-state index is 5.62. The first-order chi connectivity index (χ1) is 9.12. The zero-order valence-corrected chi connectivity index (χ0v) is 13.1. The van der Waals surface area contributed by atoms with Crippen molar-refractivity contribution < 1.29 is 4.74 Å². The van der Waals surface area contributed by atoms with Crippen molar-refractivity contribution in [3.8, 4) is 0 Å². The molecule has 0 saturated carbocycles. The van der Waals surface area contributed by atoms with Crippen molar-refractivity contribution in [1.29, 1.82) is 0 Å². The molecular formula is C17H29NO. The van der Waals surface area contributed by atoms with E-state index in [2.05, 4.69) is 50.4 Å². The van der Waals surface area contributed by atoms with Gasteiger partial charge in [0.15, 0.2) is 0 Å². The van der Waals surface area contributed by atoms with Gasteiger partial charge in [-0.2, -0.15) is 0 Å². The van der Waals surface area contributed by atoms with E-state index in [-0.39, 0.29) is 0 Å². The third kappa shape index (κ3) is 4.96. The summed E-state index contributed by atoms with van der Waals surface area (Å²) in [5.41, 5.74) is 2.78. The summed E-state index contributed by atoms with van der Waals surface area (Å²) in [6.07, 6.45) is 3.57. The van der Waals surface area contributed by atoms with E-state index >= 15 is 0 Å². The molecule has 1 N–H and O–H groups in total. The van der Waals surface area contributed by atoms with Crippen LogP contribution in [0.15, 0.2) is 24.3 Å². The van der Waals surface area contributed by atoms with Crippen LogP contribution in [0.4, 0.5) is 0 Å². The highest BCUT2D eigenvalue weighted by molar-refractivity contribution is 5.25. The van der Waals surface area contributed by atoms with Crippen molar-refractivity contribution >= 4 is 0 Å². The molecule has 0 aliphatic rings. The zero-order valence-electron chi connectivity index (χ0n) is 13.1. The second-order valence-corrected chi connectivity index (χ2v) is 5.56. The van der Waals surface area contributed by atoms with Crippen molar-refractivity contribution in [1.82, 2.24) is 5.32 Å². The highest BCUT2D eigenvalue weighted by Crippen LogP contribution is 2.17. The zero-order chi connectivity index (χ0) is 14.3. The highest BCUT2D eigenvalue weighted by atomic mass is 16.5. The van der Waals surface area contributed by atoms with Crippen LogP contribution >= 0.6 is 0 Å². The fourth-order valence-electron chi connectivity index (χ4n) is 2.48. The minimum absolute atomic E-state index is 0.291. The van der Waals surface area contributed by atoms with Crippen LogP contribution < -0.4 is 5.32 Å². The average molecular weight is 263 g/mol. The van der Waals surface area contributed by atoms with Gasteiger partial charge in [-0.15, -0.1) is 0 Å². The summed E-state index contributed by atoms with van der Waals surface area (Å²) in [5, 5.41) is 3.40. The molecule has 19 heavy (non-hydrogen) atoms. The number of ether oxygens (including phenoxy) is 1. The second-order valence-electron chi connectivity index (χ2n) is 5.56. The van der Waals surface area contributed by atoms with Crippen molar-refractivity contribution in [2.75, 3.05) is 14.2 Å². The van der Waals surface area contributed by atoms with Crippen LogP contribution in [0.5, 0.6) is 0 Å². The van der Waals surface area contributed by atoms with Crippen molar-refractivity contribution in [2.45, 2.75) is 58.1 Å². The third-order valence-corrected chi connectivity index (χ3v) is 3.80. The van der Waals surface area contributed by atoms with Gasteiger partial charge >= 0.3 is 0 Å².